The molecule has 2 atom stereocenters. The maximum Gasteiger partial charge on any atom is 0.227 e. The normalized spacial score (nSPS) is 20.5. The van der Waals surface area contributed by atoms with Crippen molar-refractivity contribution in [3.05, 3.63) is 63.7 Å². The van der Waals surface area contributed by atoms with Gasteiger partial charge in [0.25, 0.3) is 0 Å². The van der Waals surface area contributed by atoms with Gasteiger partial charge in [0.15, 0.2) is 0 Å². The van der Waals surface area contributed by atoms with E-state index in [-0.39, 0.29) is 18.0 Å². The highest BCUT2D eigenvalue weighted by atomic mass is 35.5. The summed E-state index contributed by atoms with van der Waals surface area (Å²) in [5.74, 6) is 1.39. The van der Waals surface area contributed by atoms with E-state index in [1.165, 1.54) is 10.6 Å². The van der Waals surface area contributed by atoms with Crippen molar-refractivity contribution in [3.63, 3.8) is 0 Å². The van der Waals surface area contributed by atoms with E-state index in [2.05, 4.69) is 9.72 Å². The molecule has 0 N–H and O–H groups in total. The van der Waals surface area contributed by atoms with E-state index in [9.17, 15) is 13.2 Å². The van der Waals surface area contributed by atoms with Gasteiger partial charge in [-0.3, -0.25) is 4.79 Å². The van der Waals surface area contributed by atoms with Crippen molar-refractivity contribution in [2.24, 2.45) is 0 Å². The lowest BCUT2D eigenvalue weighted by molar-refractivity contribution is -0.117. The Kier molecular flexibility index (Phi) is 6.49. The summed E-state index contributed by atoms with van der Waals surface area (Å²) < 4.78 is 33.7. The first-order chi connectivity index (χ1) is 18.5. The Labute approximate surface area is 236 Å². The molecule has 2 saturated heterocycles. The van der Waals surface area contributed by atoms with Crippen LogP contribution >= 0.6 is 23.2 Å². The van der Waals surface area contributed by atoms with Crippen LogP contribution in [0.5, 0.6) is 0 Å². The van der Waals surface area contributed by atoms with Gasteiger partial charge in [-0.05, 0) is 62.6 Å². The lowest BCUT2D eigenvalue weighted by atomic mass is 10.0. The van der Waals surface area contributed by atoms with Gasteiger partial charge in [0.05, 0.1) is 35.1 Å². The summed E-state index contributed by atoms with van der Waals surface area (Å²) in [6.07, 6.45) is 2.78. The van der Waals surface area contributed by atoms with Gasteiger partial charge in [-0.1, -0.05) is 34.4 Å². The SMILES string of the molecule is Cc1noc(C)c1-c1ccc2c(c1)nc(C1CCC(=O)N1c1cc(Cl)cc(Cl)c1)n2C1CCN(S(C)(=O)=O)C1. The molecular formula is C27H27Cl2N5O4S. The molecule has 0 aliphatic carbocycles. The van der Waals surface area contributed by atoms with E-state index in [4.69, 9.17) is 32.7 Å². The number of nitrogens with zero attached hydrogens (tertiary/aromatic N) is 5. The average molecular weight is 589 g/mol. The van der Waals surface area contributed by atoms with E-state index in [0.29, 0.717) is 53.9 Å². The van der Waals surface area contributed by atoms with Gasteiger partial charge in [0, 0.05) is 40.8 Å². The number of rotatable bonds is 5. The van der Waals surface area contributed by atoms with Crippen LogP contribution in [0.1, 0.15) is 48.6 Å². The molecule has 6 rings (SSSR count). The molecule has 1 amide bonds. The highest BCUT2D eigenvalue weighted by Gasteiger charge is 2.40. The van der Waals surface area contributed by atoms with Crippen LogP contribution < -0.4 is 4.90 Å². The van der Waals surface area contributed by atoms with Crippen molar-refractivity contribution in [1.29, 1.82) is 0 Å². The minimum absolute atomic E-state index is 0.0439. The van der Waals surface area contributed by atoms with E-state index < -0.39 is 10.0 Å². The molecule has 9 nitrogen and oxygen atoms in total. The minimum Gasteiger partial charge on any atom is -0.361 e. The highest BCUT2D eigenvalue weighted by molar-refractivity contribution is 7.88. The Balaban J connectivity index is 1.52. The monoisotopic (exact) mass is 587 g/mol. The van der Waals surface area contributed by atoms with Gasteiger partial charge in [0.2, 0.25) is 15.9 Å². The molecule has 2 aliphatic heterocycles. The number of amides is 1. The van der Waals surface area contributed by atoms with Gasteiger partial charge in [-0.2, -0.15) is 0 Å². The van der Waals surface area contributed by atoms with Gasteiger partial charge < -0.3 is 14.0 Å². The zero-order valence-electron chi connectivity index (χ0n) is 21.7. The van der Waals surface area contributed by atoms with E-state index in [1.54, 1.807) is 23.1 Å². The van der Waals surface area contributed by atoms with Crippen LogP contribution in [0.15, 0.2) is 40.9 Å². The Hall–Kier alpha value is -2.92. The molecule has 2 unspecified atom stereocenters. The van der Waals surface area contributed by atoms with E-state index in [1.807, 2.05) is 32.0 Å². The second kappa shape index (κ2) is 9.62. The van der Waals surface area contributed by atoms with Crippen LogP contribution in [0.3, 0.4) is 0 Å². The zero-order chi connectivity index (χ0) is 27.6. The number of carbonyl (C=O) groups excluding carboxylic acids is 1. The Morgan fingerprint density at radius 1 is 1.05 bits per heavy atom. The Morgan fingerprint density at radius 3 is 2.44 bits per heavy atom. The fraction of sp³-hybridized carbons (Fsp3) is 0.370. The van der Waals surface area contributed by atoms with Crippen molar-refractivity contribution in [2.45, 2.75) is 45.2 Å². The van der Waals surface area contributed by atoms with E-state index >= 15 is 0 Å². The lowest BCUT2D eigenvalue weighted by Crippen LogP contribution is -2.31. The third-order valence-corrected chi connectivity index (χ3v) is 9.34. The first-order valence-corrected chi connectivity index (χ1v) is 15.3. The van der Waals surface area contributed by atoms with Crippen molar-refractivity contribution in [3.8, 4) is 11.1 Å². The predicted molar refractivity (Wildman–Crippen MR) is 151 cm³/mol. The molecule has 0 radical (unpaired) electrons. The van der Waals surface area contributed by atoms with Crippen LogP contribution in [0, 0.1) is 13.8 Å². The van der Waals surface area contributed by atoms with Crippen molar-refractivity contribution in [2.75, 3.05) is 24.2 Å². The van der Waals surface area contributed by atoms with Crippen LogP contribution in [-0.2, 0) is 14.8 Å². The summed E-state index contributed by atoms with van der Waals surface area (Å²) in [7, 11) is -3.34. The molecule has 0 saturated carbocycles. The maximum absolute atomic E-state index is 13.2. The van der Waals surface area contributed by atoms with Crippen molar-refractivity contribution >= 4 is 55.9 Å². The Morgan fingerprint density at radius 2 is 1.79 bits per heavy atom. The number of hydrogen-bond acceptors (Lipinski definition) is 6. The van der Waals surface area contributed by atoms with Crippen LogP contribution in [0.25, 0.3) is 22.2 Å². The van der Waals surface area contributed by atoms with Crippen molar-refractivity contribution < 1.29 is 17.7 Å². The van der Waals surface area contributed by atoms with Crippen LogP contribution in [0.2, 0.25) is 10.0 Å². The fourth-order valence-electron chi connectivity index (χ4n) is 5.94. The maximum atomic E-state index is 13.2. The standard InChI is InChI=1S/C27H27Cl2N5O4S/c1-15-26(16(2)38-31-15)17-4-5-23-22(10-17)30-27(34(23)20-8-9-32(14-20)39(3,36)37)24-6-7-25(35)33(24)21-12-18(28)11-19(29)13-21/h4-5,10-13,20,24H,6-9,14H2,1-3H3. The number of carbonyl (C=O) groups is 1. The number of halogens is 2. The summed E-state index contributed by atoms with van der Waals surface area (Å²) in [4.78, 5) is 20.0. The molecule has 2 aromatic heterocycles. The molecule has 12 heteroatoms. The predicted octanol–water partition coefficient (Wildman–Crippen LogP) is 5.69. The van der Waals surface area contributed by atoms with Crippen molar-refractivity contribution in [1.82, 2.24) is 19.0 Å². The minimum atomic E-state index is -3.34. The topological polar surface area (TPSA) is 102 Å². The summed E-state index contributed by atoms with van der Waals surface area (Å²) in [6.45, 7) is 4.54. The molecule has 4 heterocycles. The largest absolute Gasteiger partial charge is 0.361 e. The average Bonchev–Trinajstić information content (AvgIpc) is 3.62. The molecule has 2 aliphatic rings. The van der Waals surface area contributed by atoms with Crippen LogP contribution in [-0.4, -0.2) is 52.7 Å². The summed E-state index contributed by atoms with van der Waals surface area (Å²) in [6, 6.07) is 10.6. The summed E-state index contributed by atoms with van der Waals surface area (Å²) >= 11 is 12.6. The summed E-state index contributed by atoms with van der Waals surface area (Å²) in [5, 5.41) is 4.97. The third kappa shape index (κ3) is 4.63. The van der Waals surface area contributed by atoms with Gasteiger partial charge in [0.1, 0.15) is 11.6 Å². The molecular weight excluding hydrogens is 561 g/mol. The number of aryl methyl sites for hydroxylation is 2. The highest BCUT2D eigenvalue weighted by Crippen LogP contribution is 2.42. The third-order valence-electron chi connectivity index (χ3n) is 7.63. The molecule has 39 heavy (non-hydrogen) atoms. The molecule has 0 bridgehead atoms. The molecule has 2 aromatic carbocycles. The number of sulfonamides is 1. The number of aromatic nitrogens is 3. The molecule has 204 valence electrons. The summed E-state index contributed by atoms with van der Waals surface area (Å²) in [5.41, 5.74) is 4.88. The van der Waals surface area contributed by atoms with Gasteiger partial charge >= 0.3 is 0 Å². The number of hydrogen-bond donors (Lipinski definition) is 0. The zero-order valence-corrected chi connectivity index (χ0v) is 24.0. The van der Waals surface area contributed by atoms with E-state index in [0.717, 1.165) is 33.6 Å². The first kappa shape index (κ1) is 26.3. The number of imidazole rings is 1. The van der Waals surface area contributed by atoms with Gasteiger partial charge in [-0.25, -0.2) is 17.7 Å². The Bertz CT molecular complexity index is 1690. The first-order valence-electron chi connectivity index (χ1n) is 12.7. The fourth-order valence-corrected chi connectivity index (χ4v) is 7.33. The second-order valence-corrected chi connectivity index (χ2v) is 13.1. The molecule has 0 spiro atoms. The second-order valence-electron chi connectivity index (χ2n) is 10.3. The molecule has 4 aromatic rings. The quantitative estimate of drug-likeness (QED) is 0.297. The smallest absolute Gasteiger partial charge is 0.227 e. The number of benzene rings is 2. The van der Waals surface area contributed by atoms with Crippen LogP contribution in [0.4, 0.5) is 5.69 Å². The molecule has 2 fully saturated rings. The van der Waals surface area contributed by atoms with Gasteiger partial charge in [-0.15, -0.1) is 0 Å². The number of fused-ring (bicyclic) bond motifs is 1. The number of anilines is 1. The lowest BCUT2D eigenvalue weighted by Gasteiger charge is -2.27.